The second-order valence-electron chi connectivity index (χ2n) is 6.05. The first-order valence-electron chi connectivity index (χ1n) is 8.80. The molecule has 0 saturated heterocycles. The van der Waals surface area contributed by atoms with Gasteiger partial charge in [0, 0.05) is 6.54 Å². The van der Waals surface area contributed by atoms with Gasteiger partial charge in [0.25, 0.3) is 0 Å². The molecule has 0 aliphatic carbocycles. The number of ether oxygens (including phenoxy) is 1. The van der Waals surface area contributed by atoms with Crippen molar-refractivity contribution >= 4 is 6.09 Å². The van der Waals surface area contributed by atoms with E-state index in [4.69, 9.17) is 4.74 Å². The van der Waals surface area contributed by atoms with E-state index in [9.17, 15) is 10.1 Å². The highest BCUT2D eigenvalue weighted by Crippen LogP contribution is 2.22. The Morgan fingerprint density at radius 1 is 0.889 bits per heavy atom. The van der Waals surface area contributed by atoms with Gasteiger partial charge < -0.3 is 4.74 Å². The molecule has 1 amide bonds. The normalized spacial score (nSPS) is 11.2. The summed E-state index contributed by atoms with van der Waals surface area (Å²) in [5.41, 5.74) is 1.86. The van der Waals surface area contributed by atoms with Gasteiger partial charge in [-0.15, -0.1) is 0 Å². The highest BCUT2D eigenvalue weighted by molar-refractivity contribution is 5.72. The van der Waals surface area contributed by atoms with E-state index in [1.54, 1.807) is 24.3 Å². The van der Waals surface area contributed by atoms with E-state index in [0.29, 0.717) is 18.7 Å². The standard InChI is InChI=1S/C23H20N2O2/c24-18-22(20-12-6-2-7-13-20)25(17-16-19-10-4-1-5-11-19)23(26)27-21-14-8-3-9-15-21/h1-15,22H,16-17H2/t22-/m0/s1. The summed E-state index contributed by atoms with van der Waals surface area (Å²) < 4.78 is 5.51. The Balaban J connectivity index is 1.83. The minimum absolute atomic E-state index is 0.378. The van der Waals surface area contributed by atoms with Crippen LogP contribution in [0, 0.1) is 11.3 Å². The van der Waals surface area contributed by atoms with Gasteiger partial charge in [-0.3, -0.25) is 4.90 Å². The van der Waals surface area contributed by atoms with E-state index in [0.717, 1.165) is 11.1 Å². The largest absolute Gasteiger partial charge is 0.416 e. The maximum Gasteiger partial charge on any atom is 0.416 e. The predicted octanol–water partition coefficient (Wildman–Crippen LogP) is 4.99. The van der Waals surface area contributed by atoms with Crippen LogP contribution >= 0.6 is 0 Å². The Hall–Kier alpha value is -3.58. The Bertz CT molecular complexity index is 890. The quantitative estimate of drug-likeness (QED) is 0.625. The molecule has 4 nitrogen and oxygen atoms in total. The number of nitriles is 1. The summed E-state index contributed by atoms with van der Waals surface area (Å²) in [4.78, 5) is 14.3. The summed E-state index contributed by atoms with van der Waals surface area (Å²) in [7, 11) is 0. The molecule has 0 unspecified atom stereocenters. The van der Waals surface area contributed by atoms with Crippen LogP contribution in [0.2, 0.25) is 0 Å². The Morgan fingerprint density at radius 3 is 2.04 bits per heavy atom. The molecule has 0 radical (unpaired) electrons. The average Bonchev–Trinajstić information content (AvgIpc) is 2.73. The van der Waals surface area contributed by atoms with Crippen LogP contribution in [0.4, 0.5) is 4.79 Å². The van der Waals surface area contributed by atoms with Crippen molar-refractivity contribution in [2.75, 3.05) is 6.54 Å². The zero-order valence-electron chi connectivity index (χ0n) is 14.9. The van der Waals surface area contributed by atoms with E-state index < -0.39 is 12.1 Å². The summed E-state index contributed by atoms with van der Waals surface area (Å²) in [6.07, 6.45) is 0.1000. The average molecular weight is 356 g/mol. The first-order chi connectivity index (χ1) is 13.3. The number of rotatable bonds is 6. The molecule has 0 aromatic heterocycles. The van der Waals surface area contributed by atoms with Gasteiger partial charge in [0.05, 0.1) is 6.07 Å². The molecule has 0 N–H and O–H groups in total. The number of hydrogen-bond acceptors (Lipinski definition) is 3. The molecular formula is C23H20N2O2. The highest BCUT2D eigenvalue weighted by atomic mass is 16.6. The molecule has 0 bridgehead atoms. The first-order valence-corrected chi connectivity index (χ1v) is 8.80. The molecule has 3 aromatic carbocycles. The fourth-order valence-electron chi connectivity index (χ4n) is 2.83. The molecule has 3 aromatic rings. The van der Waals surface area contributed by atoms with Crippen LogP contribution in [0.25, 0.3) is 0 Å². The molecule has 4 heteroatoms. The molecular weight excluding hydrogens is 336 g/mol. The van der Waals surface area contributed by atoms with E-state index in [-0.39, 0.29) is 0 Å². The van der Waals surface area contributed by atoms with Gasteiger partial charge in [-0.1, -0.05) is 78.9 Å². The monoisotopic (exact) mass is 356 g/mol. The van der Waals surface area contributed by atoms with Crippen molar-refractivity contribution in [1.82, 2.24) is 4.90 Å². The topological polar surface area (TPSA) is 53.3 Å². The minimum Gasteiger partial charge on any atom is -0.410 e. The van der Waals surface area contributed by atoms with Crippen LogP contribution in [0.15, 0.2) is 91.0 Å². The van der Waals surface area contributed by atoms with Gasteiger partial charge in [0.15, 0.2) is 0 Å². The van der Waals surface area contributed by atoms with Crippen LogP contribution in [-0.4, -0.2) is 17.5 Å². The van der Waals surface area contributed by atoms with E-state index >= 15 is 0 Å². The number of para-hydroxylation sites is 1. The third kappa shape index (κ3) is 4.96. The summed E-state index contributed by atoms with van der Waals surface area (Å²) in [5.74, 6) is 0.456. The van der Waals surface area contributed by atoms with Crippen LogP contribution in [0.1, 0.15) is 17.2 Å². The van der Waals surface area contributed by atoms with E-state index in [1.807, 2.05) is 66.7 Å². The van der Waals surface area contributed by atoms with Crippen LogP contribution in [0.3, 0.4) is 0 Å². The molecule has 0 heterocycles. The molecule has 27 heavy (non-hydrogen) atoms. The molecule has 0 spiro atoms. The third-order valence-corrected chi connectivity index (χ3v) is 4.22. The fraction of sp³-hybridized carbons (Fsp3) is 0.130. The van der Waals surface area contributed by atoms with Crippen molar-refractivity contribution in [2.24, 2.45) is 0 Å². The molecule has 0 fully saturated rings. The maximum atomic E-state index is 12.9. The minimum atomic E-state index is -0.717. The van der Waals surface area contributed by atoms with Crippen molar-refractivity contribution in [2.45, 2.75) is 12.5 Å². The zero-order chi connectivity index (χ0) is 18.9. The van der Waals surface area contributed by atoms with E-state index in [2.05, 4.69) is 6.07 Å². The van der Waals surface area contributed by atoms with Gasteiger partial charge in [0.2, 0.25) is 0 Å². The third-order valence-electron chi connectivity index (χ3n) is 4.22. The molecule has 0 aliphatic heterocycles. The van der Waals surface area contributed by atoms with E-state index in [1.165, 1.54) is 4.90 Å². The molecule has 0 aliphatic rings. The SMILES string of the molecule is N#C[C@@H](c1ccccc1)N(CCc1ccccc1)C(=O)Oc1ccccc1. The summed E-state index contributed by atoms with van der Waals surface area (Å²) >= 11 is 0. The molecule has 0 saturated carbocycles. The second kappa shape index (κ2) is 9.21. The van der Waals surface area contributed by atoms with Crippen LogP contribution in [-0.2, 0) is 6.42 Å². The predicted molar refractivity (Wildman–Crippen MR) is 104 cm³/mol. The smallest absolute Gasteiger partial charge is 0.410 e. The number of amides is 1. The lowest BCUT2D eigenvalue weighted by Gasteiger charge is -2.27. The van der Waals surface area contributed by atoms with Crippen LogP contribution in [0.5, 0.6) is 5.75 Å². The molecule has 134 valence electrons. The maximum absolute atomic E-state index is 12.9. The number of hydrogen-bond donors (Lipinski definition) is 0. The summed E-state index contributed by atoms with van der Waals surface area (Å²) in [5, 5.41) is 9.76. The lowest BCUT2D eigenvalue weighted by Crippen LogP contribution is -2.38. The summed E-state index contributed by atoms with van der Waals surface area (Å²) in [6, 6.07) is 29.6. The lowest BCUT2D eigenvalue weighted by molar-refractivity contribution is 0.142. The Morgan fingerprint density at radius 2 is 1.44 bits per heavy atom. The van der Waals surface area contributed by atoms with Crippen molar-refractivity contribution in [1.29, 1.82) is 5.26 Å². The molecule has 1 atom stereocenters. The van der Waals surface area contributed by atoms with Crippen molar-refractivity contribution in [3.63, 3.8) is 0 Å². The van der Waals surface area contributed by atoms with Crippen molar-refractivity contribution in [3.05, 3.63) is 102 Å². The first kappa shape index (κ1) is 18.2. The zero-order valence-corrected chi connectivity index (χ0v) is 14.9. The number of carbonyl (C=O) groups is 1. The van der Waals surface area contributed by atoms with Gasteiger partial charge in [-0.25, -0.2) is 4.79 Å². The Labute approximate surface area is 159 Å². The van der Waals surface area contributed by atoms with Gasteiger partial charge >= 0.3 is 6.09 Å². The number of carbonyl (C=O) groups excluding carboxylic acids is 1. The van der Waals surface area contributed by atoms with Crippen molar-refractivity contribution in [3.8, 4) is 11.8 Å². The summed E-state index contributed by atoms with van der Waals surface area (Å²) in [6.45, 7) is 0.378. The second-order valence-corrected chi connectivity index (χ2v) is 6.05. The number of benzene rings is 3. The molecule has 3 rings (SSSR count). The van der Waals surface area contributed by atoms with Gasteiger partial charge in [0.1, 0.15) is 11.8 Å². The van der Waals surface area contributed by atoms with Crippen molar-refractivity contribution < 1.29 is 9.53 Å². The Kier molecular flexibility index (Phi) is 6.21. The van der Waals surface area contributed by atoms with Gasteiger partial charge in [-0.2, -0.15) is 5.26 Å². The highest BCUT2D eigenvalue weighted by Gasteiger charge is 2.26. The van der Waals surface area contributed by atoms with Crippen LogP contribution < -0.4 is 4.74 Å². The lowest BCUT2D eigenvalue weighted by atomic mass is 10.1. The fourth-order valence-corrected chi connectivity index (χ4v) is 2.83. The number of nitrogens with zero attached hydrogens (tertiary/aromatic N) is 2. The van der Waals surface area contributed by atoms with Gasteiger partial charge in [-0.05, 0) is 29.7 Å².